The van der Waals surface area contributed by atoms with Gasteiger partial charge in [-0.05, 0) is 42.7 Å². The minimum absolute atomic E-state index is 0.231. The van der Waals surface area contributed by atoms with E-state index in [1.165, 1.54) is 6.07 Å². The SMILES string of the molecule is COc1ccc(C2(CNS(=O)(=O)c3ccc(Cl)s3)CCOCC2)cc1. The van der Waals surface area contributed by atoms with Gasteiger partial charge in [0.15, 0.2) is 0 Å². The number of thiophene rings is 1. The Kier molecular flexibility index (Phi) is 5.70. The molecule has 0 unspecified atom stereocenters. The predicted octanol–water partition coefficient (Wildman–Crippen LogP) is 3.44. The summed E-state index contributed by atoms with van der Waals surface area (Å²) in [6.45, 7) is 1.54. The molecule has 1 saturated heterocycles. The lowest BCUT2D eigenvalue weighted by Crippen LogP contribution is -2.44. The van der Waals surface area contributed by atoms with E-state index in [0.29, 0.717) is 24.1 Å². The second kappa shape index (κ2) is 7.63. The number of ether oxygens (including phenoxy) is 2. The largest absolute Gasteiger partial charge is 0.497 e. The molecule has 0 aliphatic carbocycles. The number of nitrogens with one attached hydrogen (secondary N) is 1. The van der Waals surface area contributed by atoms with E-state index in [-0.39, 0.29) is 9.62 Å². The van der Waals surface area contributed by atoms with Crippen molar-refractivity contribution in [2.24, 2.45) is 0 Å². The van der Waals surface area contributed by atoms with Gasteiger partial charge in [-0.25, -0.2) is 13.1 Å². The molecule has 0 amide bonds. The Morgan fingerprint density at radius 3 is 2.44 bits per heavy atom. The van der Waals surface area contributed by atoms with Crippen LogP contribution in [-0.2, 0) is 20.2 Å². The molecule has 2 aromatic rings. The number of sulfonamides is 1. The smallest absolute Gasteiger partial charge is 0.250 e. The molecule has 1 fully saturated rings. The third-order valence-electron chi connectivity index (χ3n) is 4.57. The second-order valence-corrected chi connectivity index (χ2v) is 9.71. The molecule has 1 aromatic carbocycles. The van der Waals surface area contributed by atoms with Gasteiger partial charge in [0.05, 0.1) is 11.4 Å². The van der Waals surface area contributed by atoms with Gasteiger partial charge in [0.1, 0.15) is 9.96 Å². The molecular formula is C17H20ClNO4S2. The Morgan fingerprint density at radius 1 is 1.20 bits per heavy atom. The van der Waals surface area contributed by atoms with E-state index in [1.54, 1.807) is 13.2 Å². The van der Waals surface area contributed by atoms with Gasteiger partial charge in [0.2, 0.25) is 10.0 Å². The van der Waals surface area contributed by atoms with Crippen molar-refractivity contribution in [3.63, 3.8) is 0 Å². The molecule has 2 heterocycles. The summed E-state index contributed by atoms with van der Waals surface area (Å²) in [5.41, 5.74) is 0.794. The van der Waals surface area contributed by atoms with Crippen LogP contribution in [0.15, 0.2) is 40.6 Å². The van der Waals surface area contributed by atoms with Gasteiger partial charge in [-0.2, -0.15) is 0 Å². The monoisotopic (exact) mass is 401 g/mol. The molecule has 3 rings (SSSR count). The predicted molar refractivity (Wildman–Crippen MR) is 99.2 cm³/mol. The van der Waals surface area contributed by atoms with Crippen molar-refractivity contribution in [2.75, 3.05) is 26.9 Å². The molecule has 0 spiro atoms. The van der Waals surface area contributed by atoms with E-state index in [2.05, 4.69) is 4.72 Å². The maximum Gasteiger partial charge on any atom is 0.250 e. The van der Waals surface area contributed by atoms with Crippen LogP contribution in [0.3, 0.4) is 0 Å². The van der Waals surface area contributed by atoms with Crippen LogP contribution in [0.4, 0.5) is 0 Å². The van der Waals surface area contributed by atoms with Crippen LogP contribution in [-0.4, -0.2) is 35.3 Å². The number of rotatable bonds is 6. The minimum Gasteiger partial charge on any atom is -0.497 e. The summed E-state index contributed by atoms with van der Waals surface area (Å²) in [6.07, 6.45) is 1.51. The summed E-state index contributed by atoms with van der Waals surface area (Å²) in [6, 6.07) is 10.9. The lowest BCUT2D eigenvalue weighted by Gasteiger charge is -2.37. The van der Waals surface area contributed by atoms with Crippen molar-refractivity contribution < 1.29 is 17.9 Å². The molecule has 8 heteroatoms. The summed E-state index contributed by atoms with van der Waals surface area (Å²) in [5, 5.41) is 0. The van der Waals surface area contributed by atoms with Gasteiger partial charge in [-0.15, -0.1) is 11.3 Å². The molecule has 0 atom stereocenters. The Labute approximate surface area is 157 Å². The van der Waals surface area contributed by atoms with Crippen LogP contribution >= 0.6 is 22.9 Å². The number of methoxy groups -OCH3 is 1. The Hall–Kier alpha value is -1.12. The van der Waals surface area contributed by atoms with Gasteiger partial charge < -0.3 is 9.47 Å². The van der Waals surface area contributed by atoms with E-state index in [0.717, 1.165) is 35.5 Å². The normalized spacial score (nSPS) is 17.4. The fourth-order valence-electron chi connectivity index (χ4n) is 3.02. The first-order valence-electron chi connectivity index (χ1n) is 7.92. The van der Waals surface area contributed by atoms with E-state index < -0.39 is 10.0 Å². The Bertz CT molecular complexity index is 811. The van der Waals surface area contributed by atoms with Gasteiger partial charge in [0.25, 0.3) is 0 Å². The van der Waals surface area contributed by atoms with E-state index in [9.17, 15) is 8.42 Å². The molecule has 25 heavy (non-hydrogen) atoms. The van der Waals surface area contributed by atoms with Gasteiger partial charge >= 0.3 is 0 Å². The first-order chi connectivity index (χ1) is 12.0. The third kappa shape index (κ3) is 4.17. The molecule has 1 aromatic heterocycles. The summed E-state index contributed by atoms with van der Waals surface area (Å²) >= 11 is 6.92. The quantitative estimate of drug-likeness (QED) is 0.805. The van der Waals surface area contributed by atoms with Gasteiger partial charge in [-0.3, -0.25) is 0 Å². The molecule has 0 saturated carbocycles. The van der Waals surface area contributed by atoms with E-state index >= 15 is 0 Å². The maximum absolute atomic E-state index is 12.6. The highest BCUT2D eigenvalue weighted by Gasteiger charge is 2.36. The molecule has 5 nitrogen and oxygen atoms in total. The van der Waals surface area contributed by atoms with Crippen LogP contribution in [0.2, 0.25) is 4.34 Å². The zero-order valence-corrected chi connectivity index (χ0v) is 16.2. The number of hydrogen-bond acceptors (Lipinski definition) is 5. The first kappa shape index (κ1) is 18.7. The highest BCUT2D eigenvalue weighted by molar-refractivity contribution is 7.91. The highest BCUT2D eigenvalue weighted by atomic mass is 35.5. The average molecular weight is 402 g/mol. The molecule has 0 bridgehead atoms. The Balaban J connectivity index is 1.83. The van der Waals surface area contributed by atoms with Crippen LogP contribution in [0.5, 0.6) is 5.75 Å². The topological polar surface area (TPSA) is 64.6 Å². The van der Waals surface area contributed by atoms with Crippen molar-refractivity contribution in [3.8, 4) is 5.75 Å². The first-order valence-corrected chi connectivity index (χ1v) is 10.6. The molecule has 1 aliphatic rings. The van der Waals surface area contributed by atoms with Crippen LogP contribution < -0.4 is 9.46 Å². The zero-order chi connectivity index (χ0) is 17.9. The van der Waals surface area contributed by atoms with E-state index in [1.807, 2.05) is 24.3 Å². The fourth-order valence-corrected chi connectivity index (χ4v) is 5.68. The number of hydrogen-bond donors (Lipinski definition) is 1. The van der Waals surface area contributed by atoms with Crippen LogP contribution in [0.1, 0.15) is 18.4 Å². The van der Waals surface area contributed by atoms with Gasteiger partial charge in [0, 0.05) is 25.2 Å². The van der Waals surface area contributed by atoms with E-state index in [4.69, 9.17) is 21.1 Å². The van der Waals surface area contributed by atoms with Crippen molar-refractivity contribution in [1.29, 1.82) is 0 Å². The molecule has 136 valence electrons. The highest BCUT2D eigenvalue weighted by Crippen LogP contribution is 2.36. The molecular weight excluding hydrogens is 382 g/mol. The minimum atomic E-state index is -3.58. The van der Waals surface area contributed by atoms with Crippen molar-refractivity contribution >= 4 is 33.0 Å². The average Bonchev–Trinajstić information content (AvgIpc) is 3.08. The zero-order valence-electron chi connectivity index (χ0n) is 13.8. The van der Waals surface area contributed by atoms with Crippen molar-refractivity contribution in [1.82, 2.24) is 4.72 Å². The second-order valence-electron chi connectivity index (χ2n) is 6.00. The number of halogens is 1. The van der Waals surface area contributed by atoms with Crippen LogP contribution in [0.25, 0.3) is 0 Å². The van der Waals surface area contributed by atoms with Crippen molar-refractivity contribution in [2.45, 2.75) is 22.5 Å². The molecule has 0 radical (unpaired) electrons. The lowest BCUT2D eigenvalue weighted by atomic mass is 9.74. The lowest BCUT2D eigenvalue weighted by molar-refractivity contribution is 0.0517. The van der Waals surface area contributed by atoms with Crippen LogP contribution in [0, 0.1) is 0 Å². The summed E-state index contributed by atoms with van der Waals surface area (Å²) in [5.74, 6) is 0.778. The standard InChI is InChI=1S/C17H20ClNO4S2/c1-22-14-4-2-13(3-5-14)17(8-10-23-11-9-17)12-19-25(20,21)16-7-6-15(18)24-16/h2-7,19H,8-12H2,1H3. The maximum atomic E-state index is 12.6. The summed E-state index contributed by atoms with van der Waals surface area (Å²) in [7, 11) is -1.95. The Morgan fingerprint density at radius 2 is 1.88 bits per heavy atom. The van der Waals surface area contributed by atoms with Crippen molar-refractivity contribution in [3.05, 3.63) is 46.3 Å². The molecule has 1 aliphatic heterocycles. The fraction of sp³-hybridized carbons (Fsp3) is 0.412. The third-order valence-corrected chi connectivity index (χ3v) is 7.69. The summed E-state index contributed by atoms with van der Waals surface area (Å²) in [4.78, 5) is 0. The van der Waals surface area contributed by atoms with Gasteiger partial charge in [-0.1, -0.05) is 23.7 Å². The molecule has 1 N–H and O–H groups in total. The summed E-state index contributed by atoms with van der Waals surface area (Å²) < 4.78 is 39.3. The number of benzene rings is 1.